The Morgan fingerprint density at radius 1 is 1.43 bits per heavy atom. The van der Waals surface area contributed by atoms with Gasteiger partial charge in [0.15, 0.2) is 0 Å². The Kier molecular flexibility index (Phi) is 6.00. The summed E-state index contributed by atoms with van der Waals surface area (Å²) in [6.45, 7) is 9.45. The predicted molar refractivity (Wildman–Crippen MR) is 85.4 cm³/mol. The van der Waals surface area contributed by atoms with Gasteiger partial charge in [0.05, 0.1) is 11.8 Å². The molecule has 0 amide bonds. The van der Waals surface area contributed by atoms with Gasteiger partial charge in [-0.05, 0) is 50.9 Å². The molecule has 1 aromatic rings. The van der Waals surface area contributed by atoms with E-state index < -0.39 is 0 Å². The summed E-state index contributed by atoms with van der Waals surface area (Å²) in [5.74, 6) is -0.142. The van der Waals surface area contributed by atoms with E-state index >= 15 is 0 Å². The van der Waals surface area contributed by atoms with Gasteiger partial charge in [-0.15, -0.1) is 0 Å². The van der Waals surface area contributed by atoms with Crippen molar-refractivity contribution in [3.8, 4) is 0 Å². The third-order valence-corrected chi connectivity index (χ3v) is 4.15. The van der Waals surface area contributed by atoms with E-state index in [0.29, 0.717) is 5.69 Å². The predicted octanol–water partition coefficient (Wildman–Crippen LogP) is 3.50. The van der Waals surface area contributed by atoms with Crippen molar-refractivity contribution in [2.45, 2.75) is 45.8 Å². The molecule has 3 nitrogen and oxygen atoms in total. The largest absolute Gasteiger partial charge is 0.376 e. The molecule has 1 saturated heterocycles. The Balaban J connectivity index is 2.10. The Labute approximate surface area is 127 Å². The molecule has 0 saturated carbocycles. The van der Waals surface area contributed by atoms with Crippen LogP contribution in [0.2, 0.25) is 0 Å². The van der Waals surface area contributed by atoms with Crippen LogP contribution in [0.4, 0.5) is 10.1 Å². The highest BCUT2D eigenvalue weighted by Crippen LogP contribution is 2.25. The van der Waals surface area contributed by atoms with Gasteiger partial charge >= 0.3 is 0 Å². The van der Waals surface area contributed by atoms with E-state index in [2.05, 4.69) is 31.0 Å². The molecule has 0 spiro atoms. The number of rotatable bonds is 7. The normalized spacial score (nSPS) is 19.7. The zero-order valence-electron chi connectivity index (χ0n) is 13.4. The molecule has 21 heavy (non-hydrogen) atoms. The average Bonchev–Trinajstić information content (AvgIpc) is 2.98. The van der Waals surface area contributed by atoms with Crippen molar-refractivity contribution in [3.63, 3.8) is 0 Å². The van der Waals surface area contributed by atoms with Crippen molar-refractivity contribution in [1.29, 1.82) is 0 Å². The quantitative estimate of drug-likeness (QED) is 0.833. The highest BCUT2D eigenvalue weighted by atomic mass is 19.1. The van der Waals surface area contributed by atoms with Gasteiger partial charge in [-0.3, -0.25) is 0 Å². The molecule has 1 aliphatic rings. The summed E-state index contributed by atoms with van der Waals surface area (Å²) in [7, 11) is 0. The smallest absolute Gasteiger partial charge is 0.146 e. The number of benzene rings is 1. The van der Waals surface area contributed by atoms with Crippen LogP contribution in [0.1, 0.15) is 45.2 Å². The van der Waals surface area contributed by atoms with Gasteiger partial charge in [0.2, 0.25) is 0 Å². The number of likely N-dealkylation sites (N-methyl/N-ethyl adjacent to an activating group) is 1. The highest BCUT2D eigenvalue weighted by molar-refractivity contribution is 5.49. The van der Waals surface area contributed by atoms with Crippen LogP contribution in [-0.4, -0.2) is 32.3 Å². The highest BCUT2D eigenvalue weighted by Gasteiger charge is 2.20. The molecule has 118 valence electrons. The minimum Gasteiger partial charge on any atom is -0.376 e. The van der Waals surface area contributed by atoms with Crippen molar-refractivity contribution >= 4 is 5.69 Å². The summed E-state index contributed by atoms with van der Waals surface area (Å²) in [4.78, 5) is 2.08. The number of nitrogens with zero attached hydrogens (tertiary/aromatic N) is 1. The van der Waals surface area contributed by atoms with Gasteiger partial charge in [-0.25, -0.2) is 4.39 Å². The van der Waals surface area contributed by atoms with Gasteiger partial charge in [-0.2, -0.15) is 0 Å². The zero-order chi connectivity index (χ0) is 15.2. The van der Waals surface area contributed by atoms with E-state index in [4.69, 9.17) is 4.74 Å². The Morgan fingerprint density at radius 2 is 2.24 bits per heavy atom. The van der Waals surface area contributed by atoms with Crippen molar-refractivity contribution < 1.29 is 9.13 Å². The number of hydrogen-bond acceptors (Lipinski definition) is 3. The van der Waals surface area contributed by atoms with Gasteiger partial charge < -0.3 is 15.0 Å². The second-order valence-electron chi connectivity index (χ2n) is 5.66. The first-order chi connectivity index (χ1) is 10.2. The molecule has 0 aromatic heterocycles. The minimum atomic E-state index is -0.142. The second-order valence-corrected chi connectivity index (χ2v) is 5.66. The first-order valence-electron chi connectivity index (χ1n) is 8.05. The van der Waals surface area contributed by atoms with Crippen molar-refractivity contribution in [3.05, 3.63) is 29.6 Å². The van der Waals surface area contributed by atoms with Gasteiger partial charge in [0.25, 0.3) is 0 Å². The molecule has 2 unspecified atom stereocenters. The van der Waals surface area contributed by atoms with Crippen molar-refractivity contribution in [2.24, 2.45) is 0 Å². The number of halogens is 1. The molecule has 1 aliphatic heterocycles. The fourth-order valence-corrected chi connectivity index (χ4v) is 2.90. The number of anilines is 1. The van der Waals surface area contributed by atoms with Crippen LogP contribution in [0, 0.1) is 5.82 Å². The van der Waals surface area contributed by atoms with E-state index in [9.17, 15) is 4.39 Å². The maximum absolute atomic E-state index is 14.5. The van der Waals surface area contributed by atoms with E-state index in [0.717, 1.165) is 44.6 Å². The molecule has 1 fully saturated rings. The standard InChI is InChI=1S/C17H27FN2O/c1-4-19-13(3)14-8-9-17(16(18)11-14)20(5-2)12-15-7-6-10-21-15/h8-9,11,13,15,19H,4-7,10,12H2,1-3H3. The molecule has 0 radical (unpaired) electrons. The van der Waals surface area contributed by atoms with Crippen molar-refractivity contribution in [2.75, 3.05) is 31.1 Å². The molecule has 2 rings (SSSR count). The Bertz CT molecular complexity index is 446. The maximum atomic E-state index is 14.5. The number of hydrogen-bond donors (Lipinski definition) is 1. The summed E-state index contributed by atoms with van der Waals surface area (Å²) in [5.41, 5.74) is 1.67. The summed E-state index contributed by atoms with van der Waals surface area (Å²) < 4.78 is 20.1. The fraction of sp³-hybridized carbons (Fsp3) is 0.647. The number of ether oxygens (including phenoxy) is 1. The SMILES string of the molecule is CCNC(C)c1ccc(N(CC)CC2CCCO2)c(F)c1. The zero-order valence-corrected chi connectivity index (χ0v) is 13.4. The second kappa shape index (κ2) is 7.76. The third kappa shape index (κ3) is 4.17. The summed E-state index contributed by atoms with van der Waals surface area (Å²) in [6, 6.07) is 5.74. The number of nitrogens with one attached hydrogen (secondary N) is 1. The lowest BCUT2D eigenvalue weighted by atomic mass is 10.1. The van der Waals surface area contributed by atoms with E-state index in [1.54, 1.807) is 6.07 Å². The van der Waals surface area contributed by atoms with Gasteiger partial charge in [-0.1, -0.05) is 13.0 Å². The average molecular weight is 294 g/mol. The monoisotopic (exact) mass is 294 g/mol. The molecular formula is C17H27FN2O. The molecule has 2 atom stereocenters. The molecule has 1 N–H and O–H groups in total. The van der Waals surface area contributed by atoms with Crippen LogP contribution < -0.4 is 10.2 Å². The lowest BCUT2D eigenvalue weighted by molar-refractivity contribution is 0.115. The maximum Gasteiger partial charge on any atom is 0.146 e. The molecule has 1 heterocycles. The van der Waals surface area contributed by atoms with E-state index in [1.807, 2.05) is 12.1 Å². The van der Waals surface area contributed by atoms with Crippen molar-refractivity contribution in [1.82, 2.24) is 5.32 Å². The minimum absolute atomic E-state index is 0.142. The summed E-state index contributed by atoms with van der Waals surface area (Å²) >= 11 is 0. The van der Waals surface area contributed by atoms with Gasteiger partial charge in [0, 0.05) is 25.7 Å². The lowest BCUT2D eigenvalue weighted by Gasteiger charge is -2.27. The van der Waals surface area contributed by atoms with Crippen LogP contribution in [0.3, 0.4) is 0 Å². The fourth-order valence-electron chi connectivity index (χ4n) is 2.90. The van der Waals surface area contributed by atoms with Crippen LogP contribution >= 0.6 is 0 Å². The first-order valence-corrected chi connectivity index (χ1v) is 8.05. The van der Waals surface area contributed by atoms with E-state index in [1.165, 1.54) is 0 Å². The van der Waals surface area contributed by atoms with Crippen LogP contribution in [-0.2, 0) is 4.74 Å². The molecular weight excluding hydrogens is 267 g/mol. The lowest BCUT2D eigenvalue weighted by Crippen LogP contribution is -2.32. The van der Waals surface area contributed by atoms with Crippen LogP contribution in [0.15, 0.2) is 18.2 Å². The van der Waals surface area contributed by atoms with E-state index in [-0.39, 0.29) is 18.0 Å². The van der Waals surface area contributed by atoms with Crippen LogP contribution in [0.25, 0.3) is 0 Å². The molecule has 0 aliphatic carbocycles. The topological polar surface area (TPSA) is 24.5 Å². The first kappa shape index (κ1) is 16.2. The Hall–Kier alpha value is -1.13. The summed E-state index contributed by atoms with van der Waals surface area (Å²) in [5, 5.41) is 3.31. The van der Waals surface area contributed by atoms with Crippen LogP contribution in [0.5, 0.6) is 0 Å². The Morgan fingerprint density at radius 3 is 2.81 bits per heavy atom. The van der Waals surface area contributed by atoms with Gasteiger partial charge in [0.1, 0.15) is 5.82 Å². The molecule has 0 bridgehead atoms. The summed E-state index contributed by atoms with van der Waals surface area (Å²) in [6.07, 6.45) is 2.43. The molecule has 1 aromatic carbocycles. The molecule has 4 heteroatoms. The third-order valence-electron chi connectivity index (χ3n) is 4.15.